The number of benzene rings is 1. The van der Waals surface area contributed by atoms with Crippen LogP contribution in [0.5, 0.6) is 5.75 Å². The Morgan fingerprint density at radius 2 is 1.69 bits per heavy atom. The van der Waals surface area contributed by atoms with E-state index >= 15 is 0 Å². The summed E-state index contributed by atoms with van der Waals surface area (Å²) in [7, 11) is 7.21. The second-order valence-electron chi connectivity index (χ2n) is 10.7. The van der Waals surface area contributed by atoms with E-state index in [-0.39, 0.29) is 28.6 Å². The molecule has 5 N–H and O–H groups in total. The van der Waals surface area contributed by atoms with E-state index in [1.807, 2.05) is 25.1 Å². The summed E-state index contributed by atoms with van der Waals surface area (Å²) in [6.45, 7) is 0. The first-order chi connectivity index (χ1) is 16.5. The number of nitrogens with two attached hydrogens (primary N) is 1. The van der Waals surface area contributed by atoms with Gasteiger partial charge in [-0.3, -0.25) is 19.3 Å². The van der Waals surface area contributed by atoms with Crippen molar-refractivity contribution in [1.29, 1.82) is 0 Å². The first kappa shape index (κ1) is 23.4. The zero-order valence-corrected chi connectivity index (χ0v) is 20.3. The molecule has 35 heavy (non-hydrogen) atoms. The monoisotopic (exact) mass is 481 g/mol. The van der Waals surface area contributed by atoms with E-state index in [9.17, 15) is 29.7 Å². The Labute approximate surface area is 203 Å². The molecule has 9 heteroatoms. The van der Waals surface area contributed by atoms with Gasteiger partial charge >= 0.3 is 0 Å². The van der Waals surface area contributed by atoms with Crippen LogP contribution in [0.25, 0.3) is 5.76 Å². The molecule has 0 aliphatic heterocycles. The summed E-state index contributed by atoms with van der Waals surface area (Å²) in [5.41, 5.74) is 7.62. The number of rotatable bonds is 4. The van der Waals surface area contributed by atoms with Crippen LogP contribution in [0.4, 0.5) is 5.69 Å². The third kappa shape index (κ3) is 3.28. The largest absolute Gasteiger partial charge is 0.510 e. The van der Waals surface area contributed by atoms with Crippen molar-refractivity contribution in [2.75, 3.05) is 33.1 Å². The maximum Gasteiger partial charge on any atom is 0.255 e. The number of aliphatic hydroxyl groups excluding tert-OH is 2. The topological polar surface area (TPSA) is 144 Å². The van der Waals surface area contributed by atoms with E-state index in [0.29, 0.717) is 12.8 Å². The third-order valence-corrected chi connectivity index (χ3v) is 8.07. The molecule has 0 bridgehead atoms. The molecular weight excluding hydrogens is 450 g/mol. The lowest BCUT2D eigenvalue weighted by molar-refractivity contribution is -0.136. The van der Waals surface area contributed by atoms with Crippen LogP contribution in [0.2, 0.25) is 0 Å². The Kier molecular flexibility index (Phi) is 5.25. The van der Waals surface area contributed by atoms with Gasteiger partial charge in [-0.2, -0.15) is 0 Å². The lowest BCUT2D eigenvalue weighted by Gasteiger charge is -2.46. The van der Waals surface area contributed by atoms with Gasteiger partial charge in [0.1, 0.15) is 22.8 Å². The fourth-order valence-corrected chi connectivity index (χ4v) is 6.44. The number of allylic oxidation sites excluding steroid dienone is 1. The van der Waals surface area contributed by atoms with Gasteiger partial charge in [-0.15, -0.1) is 0 Å². The number of aromatic hydroxyl groups is 1. The number of likely N-dealkylation sites (N-methyl/N-ethyl adjacent to an activating group) is 1. The number of fused-ring (bicyclic) bond motifs is 3. The third-order valence-electron chi connectivity index (χ3n) is 8.07. The number of carbonyl (C=O) groups is 3. The summed E-state index contributed by atoms with van der Waals surface area (Å²) < 4.78 is 0. The summed E-state index contributed by atoms with van der Waals surface area (Å²) in [4.78, 5) is 42.7. The van der Waals surface area contributed by atoms with E-state index in [1.165, 1.54) is 0 Å². The van der Waals surface area contributed by atoms with Crippen LogP contribution in [-0.4, -0.2) is 71.9 Å². The average Bonchev–Trinajstić information content (AvgIpc) is 3.57. The number of hydrogen-bond acceptors (Lipinski definition) is 8. The van der Waals surface area contributed by atoms with Crippen LogP contribution in [0.3, 0.4) is 0 Å². The van der Waals surface area contributed by atoms with E-state index in [4.69, 9.17) is 5.73 Å². The first-order valence-electron chi connectivity index (χ1n) is 11.9. The normalized spacial score (nSPS) is 28.1. The van der Waals surface area contributed by atoms with Crippen molar-refractivity contribution in [3.8, 4) is 5.75 Å². The highest BCUT2D eigenvalue weighted by Crippen LogP contribution is 2.54. The molecule has 1 aromatic carbocycles. The van der Waals surface area contributed by atoms with Crippen LogP contribution in [-0.2, 0) is 20.8 Å². The number of phenols is 1. The van der Waals surface area contributed by atoms with Crippen LogP contribution in [0.15, 0.2) is 23.0 Å². The van der Waals surface area contributed by atoms with Crippen molar-refractivity contribution >= 4 is 28.9 Å². The van der Waals surface area contributed by atoms with Gasteiger partial charge < -0.3 is 26.0 Å². The van der Waals surface area contributed by atoms with Crippen LogP contribution >= 0.6 is 0 Å². The smallest absolute Gasteiger partial charge is 0.255 e. The lowest BCUT2D eigenvalue weighted by atomic mass is 9.59. The van der Waals surface area contributed by atoms with Crippen molar-refractivity contribution in [3.05, 3.63) is 39.7 Å². The predicted molar refractivity (Wildman–Crippen MR) is 129 cm³/mol. The molecule has 2 fully saturated rings. The fraction of sp³-hybridized carbons (Fsp3) is 0.500. The molecule has 0 aromatic heterocycles. The highest BCUT2D eigenvalue weighted by atomic mass is 16.3. The molecule has 4 atom stereocenters. The number of hydrogen-bond donors (Lipinski definition) is 4. The molecule has 9 nitrogen and oxygen atoms in total. The lowest BCUT2D eigenvalue weighted by Crippen LogP contribution is -2.55. The number of carbonyl (C=O) groups excluding carboxylic acids is 3. The fourth-order valence-electron chi connectivity index (χ4n) is 6.44. The molecule has 4 aliphatic carbocycles. The number of ketones is 2. The van der Waals surface area contributed by atoms with Gasteiger partial charge in [0.15, 0.2) is 11.6 Å². The summed E-state index contributed by atoms with van der Waals surface area (Å²) in [5, 5.41) is 33.4. The van der Waals surface area contributed by atoms with Crippen molar-refractivity contribution in [3.63, 3.8) is 0 Å². The molecule has 0 heterocycles. The zero-order valence-electron chi connectivity index (χ0n) is 20.3. The molecule has 5 rings (SSSR count). The number of primary amides is 1. The number of anilines is 1. The number of phenolic OH excluding ortho intramolecular Hbond substituents is 1. The van der Waals surface area contributed by atoms with Gasteiger partial charge in [-0.1, -0.05) is 0 Å². The number of aliphatic hydroxyl groups is 2. The minimum atomic E-state index is -1.24. The van der Waals surface area contributed by atoms with Crippen molar-refractivity contribution in [2.45, 2.75) is 37.6 Å². The number of nitrogens with zero attached hydrogens (tertiary/aromatic N) is 2. The second-order valence-corrected chi connectivity index (χ2v) is 10.7. The molecule has 0 radical (unpaired) electrons. The second kappa shape index (κ2) is 7.84. The minimum Gasteiger partial charge on any atom is -0.510 e. The first-order valence-corrected chi connectivity index (χ1v) is 11.9. The average molecular weight is 482 g/mol. The highest BCUT2D eigenvalue weighted by Gasteiger charge is 2.56. The molecule has 2 saturated carbocycles. The maximum atomic E-state index is 13.8. The number of Topliss-reactive ketones (excluding diaryl/α,β-unsaturated/α-hetero) is 2. The molecule has 4 aliphatic rings. The quantitative estimate of drug-likeness (QED) is 0.376. The standard InChI is InChI=1S/C26H31N3O6/c1-28(2)15-9-12(10-5-6-10)21(30)17-13(15)7-11-8-14-18(23(32)16(11)22(17)31)24(33)19(26(27)35)25(34)20(14)29(3)4/h9-11,14,18,20,30-31,34H,5-8H2,1-4H3,(H2,27,35)/t11?,14?,18?,20-/m0/s1. The molecular formula is C26H31N3O6. The van der Waals surface area contributed by atoms with Crippen LogP contribution < -0.4 is 10.6 Å². The molecule has 1 amide bonds. The van der Waals surface area contributed by atoms with E-state index in [1.54, 1.807) is 19.0 Å². The Balaban J connectivity index is 1.70. The zero-order chi connectivity index (χ0) is 25.5. The molecule has 0 saturated heterocycles. The Bertz CT molecular complexity index is 1240. The Hall–Kier alpha value is -3.33. The van der Waals surface area contributed by atoms with E-state index in [2.05, 4.69) is 0 Å². The summed E-state index contributed by atoms with van der Waals surface area (Å²) >= 11 is 0. The Morgan fingerprint density at radius 1 is 1.03 bits per heavy atom. The van der Waals surface area contributed by atoms with Gasteiger partial charge in [0, 0.05) is 25.4 Å². The van der Waals surface area contributed by atoms with Gasteiger partial charge in [-0.05, 0) is 74.7 Å². The summed E-state index contributed by atoms with van der Waals surface area (Å²) in [5.74, 6) is -5.18. The minimum absolute atomic E-state index is 0.0111. The Morgan fingerprint density at radius 3 is 2.23 bits per heavy atom. The van der Waals surface area contributed by atoms with Crippen molar-refractivity contribution in [2.24, 2.45) is 23.5 Å². The van der Waals surface area contributed by atoms with E-state index < -0.39 is 52.6 Å². The predicted octanol–water partition coefficient (Wildman–Crippen LogP) is 1.79. The maximum absolute atomic E-state index is 13.8. The molecule has 1 aromatic rings. The van der Waals surface area contributed by atoms with Gasteiger partial charge in [0.2, 0.25) is 0 Å². The highest BCUT2D eigenvalue weighted by molar-refractivity contribution is 6.28. The summed E-state index contributed by atoms with van der Waals surface area (Å²) in [6.07, 6.45) is 2.65. The van der Waals surface area contributed by atoms with E-state index in [0.717, 1.165) is 29.7 Å². The SMILES string of the molecule is CN(C)c1cc(C2CC2)c(O)c2c1CC1CC3C(C(=O)C(C(N)=O)=C(O)[C@H]3N(C)C)C(=O)C1=C2O. The number of amides is 1. The molecule has 186 valence electrons. The van der Waals surface area contributed by atoms with Gasteiger partial charge in [0.05, 0.1) is 17.5 Å². The van der Waals surface area contributed by atoms with Gasteiger partial charge in [0.25, 0.3) is 5.91 Å². The van der Waals surface area contributed by atoms with Crippen LogP contribution in [0.1, 0.15) is 41.9 Å². The van der Waals surface area contributed by atoms with Crippen LogP contribution in [0, 0.1) is 17.8 Å². The summed E-state index contributed by atoms with van der Waals surface area (Å²) in [6, 6.07) is 1.23. The molecule has 0 spiro atoms. The van der Waals surface area contributed by atoms with Gasteiger partial charge in [-0.25, -0.2) is 0 Å². The molecule has 3 unspecified atom stereocenters. The van der Waals surface area contributed by atoms with Crippen molar-refractivity contribution in [1.82, 2.24) is 4.90 Å². The van der Waals surface area contributed by atoms with Crippen molar-refractivity contribution < 1.29 is 29.7 Å².